The number of halogens is 1. The van der Waals surface area contributed by atoms with Gasteiger partial charge in [-0.1, -0.05) is 6.07 Å². The predicted molar refractivity (Wildman–Crippen MR) is 90.5 cm³/mol. The topological polar surface area (TPSA) is 48.0 Å². The highest BCUT2D eigenvalue weighted by molar-refractivity contribution is 5.94. The average Bonchev–Trinajstić information content (AvgIpc) is 2.67. The Labute approximate surface area is 145 Å². The number of ether oxygens (including phenoxy) is 3. The summed E-state index contributed by atoms with van der Waals surface area (Å²) in [5.74, 6) is 0.915. The van der Waals surface area contributed by atoms with Crippen LogP contribution in [-0.4, -0.2) is 50.3 Å². The molecule has 0 spiro atoms. The third-order valence-electron chi connectivity index (χ3n) is 3.99. The minimum Gasteiger partial charge on any atom is -0.497 e. The van der Waals surface area contributed by atoms with Crippen LogP contribution in [0.25, 0.3) is 0 Å². The maximum atomic E-state index is 13.0. The van der Waals surface area contributed by atoms with Crippen molar-refractivity contribution in [3.8, 4) is 11.5 Å². The van der Waals surface area contributed by atoms with Gasteiger partial charge in [0.25, 0.3) is 5.91 Å². The van der Waals surface area contributed by atoms with Crippen LogP contribution in [0.1, 0.15) is 10.4 Å². The number of hydrogen-bond donors (Lipinski definition) is 0. The van der Waals surface area contributed by atoms with Gasteiger partial charge < -0.3 is 19.1 Å². The van der Waals surface area contributed by atoms with Gasteiger partial charge >= 0.3 is 0 Å². The van der Waals surface area contributed by atoms with E-state index in [2.05, 4.69) is 0 Å². The zero-order chi connectivity index (χ0) is 17.6. The van der Waals surface area contributed by atoms with Gasteiger partial charge in [-0.2, -0.15) is 0 Å². The third kappa shape index (κ3) is 4.48. The first-order valence-electron chi connectivity index (χ1n) is 8.09. The number of nitrogens with zero attached hydrogens (tertiary/aromatic N) is 1. The van der Waals surface area contributed by atoms with Crippen LogP contribution in [0, 0.1) is 5.82 Å². The summed E-state index contributed by atoms with van der Waals surface area (Å²) in [5.41, 5.74) is 0.468. The molecule has 5 nitrogen and oxygen atoms in total. The Kier molecular flexibility index (Phi) is 5.50. The van der Waals surface area contributed by atoms with Gasteiger partial charge in [-0.15, -0.1) is 0 Å². The lowest BCUT2D eigenvalue weighted by molar-refractivity contribution is -0.0401. The molecule has 25 heavy (non-hydrogen) atoms. The van der Waals surface area contributed by atoms with Gasteiger partial charge in [0.2, 0.25) is 0 Å². The van der Waals surface area contributed by atoms with Gasteiger partial charge in [-0.25, -0.2) is 4.39 Å². The molecule has 1 amide bonds. The number of rotatable bonds is 5. The molecule has 1 heterocycles. The molecule has 0 unspecified atom stereocenters. The van der Waals surface area contributed by atoms with Gasteiger partial charge in [0.15, 0.2) is 0 Å². The van der Waals surface area contributed by atoms with Crippen LogP contribution >= 0.6 is 0 Å². The van der Waals surface area contributed by atoms with Crippen LogP contribution in [0.4, 0.5) is 4.39 Å². The molecule has 0 bridgehead atoms. The highest BCUT2D eigenvalue weighted by Gasteiger charge is 2.25. The summed E-state index contributed by atoms with van der Waals surface area (Å²) in [6.45, 7) is 1.71. The number of hydrogen-bond acceptors (Lipinski definition) is 4. The summed E-state index contributed by atoms with van der Waals surface area (Å²) in [6.07, 6.45) is -0.218. The monoisotopic (exact) mass is 345 g/mol. The van der Waals surface area contributed by atoms with E-state index >= 15 is 0 Å². The number of carbonyl (C=O) groups is 1. The van der Waals surface area contributed by atoms with Crippen molar-refractivity contribution >= 4 is 5.91 Å². The SMILES string of the molecule is COc1cccc(OC[C@@H]2CN(C(=O)c3ccc(F)cc3)CCO2)c1. The fraction of sp³-hybridized carbons (Fsp3) is 0.316. The lowest BCUT2D eigenvalue weighted by Crippen LogP contribution is -2.47. The molecule has 0 N–H and O–H groups in total. The van der Waals surface area contributed by atoms with Crippen molar-refractivity contribution in [2.75, 3.05) is 33.4 Å². The van der Waals surface area contributed by atoms with E-state index in [4.69, 9.17) is 14.2 Å². The second kappa shape index (κ2) is 7.98. The Balaban J connectivity index is 1.57. The van der Waals surface area contributed by atoms with Crippen molar-refractivity contribution in [2.24, 2.45) is 0 Å². The Bertz CT molecular complexity index is 720. The third-order valence-corrected chi connectivity index (χ3v) is 3.99. The van der Waals surface area contributed by atoms with E-state index in [1.54, 1.807) is 18.1 Å². The van der Waals surface area contributed by atoms with Crippen LogP contribution in [0.2, 0.25) is 0 Å². The molecule has 6 heteroatoms. The van der Waals surface area contributed by atoms with Gasteiger partial charge in [0.1, 0.15) is 30.0 Å². The molecule has 132 valence electrons. The first kappa shape index (κ1) is 17.2. The minimum absolute atomic E-state index is 0.130. The standard InChI is InChI=1S/C19H20FNO4/c1-23-16-3-2-4-17(11-16)25-13-18-12-21(9-10-24-18)19(22)14-5-7-15(20)8-6-14/h2-8,11,18H,9-10,12-13H2,1H3/t18-/m0/s1. The lowest BCUT2D eigenvalue weighted by Gasteiger charge is -2.33. The predicted octanol–water partition coefficient (Wildman–Crippen LogP) is 2.75. The molecule has 0 aromatic heterocycles. The maximum absolute atomic E-state index is 13.0. The number of carbonyl (C=O) groups excluding carboxylic acids is 1. The van der Waals surface area contributed by atoms with Crippen LogP contribution < -0.4 is 9.47 Å². The molecule has 2 aromatic rings. The molecule has 1 atom stereocenters. The van der Waals surface area contributed by atoms with Crippen molar-refractivity contribution in [3.05, 3.63) is 59.9 Å². The highest BCUT2D eigenvalue weighted by atomic mass is 19.1. The van der Waals surface area contributed by atoms with Crippen LogP contribution in [0.3, 0.4) is 0 Å². The summed E-state index contributed by atoms with van der Waals surface area (Å²) in [6, 6.07) is 12.9. The van der Waals surface area contributed by atoms with Crippen molar-refractivity contribution in [1.82, 2.24) is 4.90 Å². The van der Waals surface area contributed by atoms with E-state index in [0.717, 1.165) is 5.75 Å². The van der Waals surface area contributed by atoms with E-state index in [-0.39, 0.29) is 17.8 Å². The number of amides is 1. The molecule has 0 saturated carbocycles. The van der Waals surface area contributed by atoms with Crippen molar-refractivity contribution in [2.45, 2.75) is 6.10 Å². The Hall–Kier alpha value is -2.60. The van der Waals surface area contributed by atoms with Crippen molar-refractivity contribution in [1.29, 1.82) is 0 Å². The first-order valence-corrected chi connectivity index (χ1v) is 8.09. The normalized spacial score (nSPS) is 17.2. The zero-order valence-corrected chi connectivity index (χ0v) is 14.0. The summed E-state index contributed by atoms with van der Waals surface area (Å²) < 4.78 is 29.6. The maximum Gasteiger partial charge on any atom is 0.254 e. The largest absolute Gasteiger partial charge is 0.497 e. The molecular weight excluding hydrogens is 325 g/mol. The Morgan fingerprint density at radius 2 is 2.00 bits per heavy atom. The molecule has 1 fully saturated rings. The Morgan fingerprint density at radius 3 is 2.76 bits per heavy atom. The highest BCUT2D eigenvalue weighted by Crippen LogP contribution is 2.20. The van der Waals surface area contributed by atoms with Crippen LogP contribution in [0.5, 0.6) is 11.5 Å². The van der Waals surface area contributed by atoms with Crippen molar-refractivity contribution in [3.63, 3.8) is 0 Å². The fourth-order valence-electron chi connectivity index (χ4n) is 2.66. The minimum atomic E-state index is -0.358. The number of methoxy groups -OCH3 is 1. The Morgan fingerprint density at radius 1 is 1.24 bits per heavy atom. The van der Waals surface area contributed by atoms with E-state index < -0.39 is 0 Å². The van der Waals surface area contributed by atoms with E-state index in [1.807, 2.05) is 18.2 Å². The average molecular weight is 345 g/mol. The lowest BCUT2D eigenvalue weighted by atomic mass is 10.1. The summed E-state index contributed by atoms with van der Waals surface area (Å²) in [4.78, 5) is 14.2. The number of morpholine rings is 1. The smallest absolute Gasteiger partial charge is 0.254 e. The second-order valence-corrected chi connectivity index (χ2v) is 5.74. The quantitative estimate of drug-likeness (QED) is 0.836. The summed E-state index contributed by atoms with van der Waals surface area (Å²) >= 11 is 0. The van der Waals surface area contributed by atoms with Gasteiger partial charge in [0.05, 0.1) is 20.3 Å². The van der Waals surface area contributed by atoms with E-state index in [9.17, 15) is 9.18 Å². The molecule has 0 radical (unpaired) electrons. The van der Waals surface area contributed by atoms with E-state index in [1.165, 1.54) is 24.3 Å². The molecule has 2 aromatic carbocycles. The zero-order valence-electron chi connectivity index (χ0n) is 14.0. The first-order chi connectivity index (χ1) is 12.2. The summed E-state index contributed by atoms with van der Waals surface area (Å²) in [7, 11) is 1.60. The molecule has 3 rings (SSSR count). The second-order valence-electron chi connectivity index (χ2n) is 5.74. The van der Waals surface area contributed by atoms with E-state index in [0.29, 0.717) is 37.6 Å². The molecular formula is C19H20FNO4. The molecule has 1 saturated heterocycles. The molecule has 0 aliphatic carbocycles. The van der Waals surface area contributed by atoms with Crippen LogP contribution in [0.15, 0.2) is 48.5 Å². The van der Waals surface area contributed by atoms with Gasteiger partial charge in [-0.3, -0.25) is 4.79 Å². The van der Waals surface area contributed by atoms with Crippen molar-refractivity contribution < 1.29 is 23.4 Å². The number of benzene rings is 2. The summed E-state index contributed by atoms with van der Waals surface area (Å²) in [5, 5.41) is 0. The van der Waals surface area contributed by atoms with Gasteiger partial charge in [-0.05, 0) is 36.4 Å². The van der Waals surface area contributed by atoms with Crippen LogP contribution in [-0.2, 0) is 4.74 Å². The molecule has 1 aliphatic rings. The van der Waals surface area contributed by atoms with Gasteiger partial charge in [0, 0.05) is 18.2 Å². The fourth-order valence-corrected chi connectivity index (χ4v) is 2.66. The molecule has 1 aliphatic heterocycles.